The largest absolute Gasteiger partial charge is 0.493 e. The summed E-state index contributed by atoms with van der Waals surface area (Å²) in [7, 11) is 6.37. The van der Waals surface area contributed by atoms with Crippen molar-refractivity contribution in [3.8, 4) is 23.0 Å². The molecule has 1 unspecified atom stereocenters. The molecule has 0 spiro atoms. The highest BCUT2D eigenvalue weighted by atomic mass is 16.5. The Morgan fingerprint density at radius 2 is 1.62 bits per heavy atom. The van der Waals surface area contributed by atoms with Crippen LogP contribution in [0, 0.1) is 0 Å². The molecule has 0 aliphatic heterocycles. The molecule has 6 nitrogen and oxygen atoms in total. The first-order valence-electron chi connectivity index (χ1n) is 6.86. The molecule has 0 heterocycles. The van der Waals surface area contributed by atoms with E-state index in [0.717, 1.165) is 6.54 Å². The van der Waals surface area contributed by atoms with Gasteiger partial charge in [-0.1, -0.05) is 6.92 Å². The van der Waals surface area contributed by atoms with Crippen molar-refractivity contribution in [1.29, 1.82) is 0 Å². The van der Waals surface area contributed by atoms with Crippen LogP contribution in [0.5, 0.6) is 23.0 Å². The minimum atomic E-state index is -0.0993. The second-order valence-corrected chi connectivity index (χ2v) is 4.36. The van der Waals surface area contributed by atoms with Gasteiger partial charge in [0.2, 0.25) is 5.75 Å². The van der Waals surface area contributed by atoms with Crippen molar-refractivity contribution >= 4 is 0 Å². The Morgan fingerprint density at radius 1 is 1.00 bits per heavy atom. The number of rotatable bonds is 10. The fourth-order valence-corrected chi connectivity index (χ4v) is 1.94. The molecule has 6 heteroatoms. The predicted octanol–water partition coefficient (Wildman–Crippen LogP) is 1.72. The zero-order valence-corrected chi connectivity index (χ0v) is 13.4. The van der Waals surface area contributed by atoms with Gasteiger partial charge in [-0.3, -0.25) is 0 Å². The highest BCUT2D eigenvalue weighted by Gasteiger charge is 2.16. The third-order valence-electron chi connectivity index (χ3n) is 2.92. The number of benzene rings is 1. The zero-order chi connectivity index (χ0) is 15.7. The topological polar surface area (TPSA) is 58.2 Å². The van der Waals surface area contributed by atoms with E-state index in [-0.39, 0.29) is 6.10 Å². The van der Waals surface area contributed by atoms with Crippen LogP contribution in [0.3, 0.4) is 0 Å². The van der Waals surface area contributed by atoms with Crippen LogP contribution < -0.4 is 24.3 Å². The summed E-state index contributed by atoms with van der Waals surface area (Å²) >= 11 is 0. The molecule has 1 rings (SSSR count). The predicted molar refractivity (Wildman–Crippen MR) is 80.9 cm³/mol. The summed E-state index contributed by atoms with van der Waals surface area (Å²) in [5.74, 6) is 2.31. The molecular formula is C15H25NO5. The molecule has 21 heavy (non-hydrogen) atoms. The van der Waals surface area contributed by atoms with Gasteiger partial charge in [-0.2, -0.15) is 0 Å². The van der Waals surface area contributed by atoms with Gasteiger partial charge in [0, 0.05) is 25.8 Å². The van der Waals surface area contributed by atoms with Crippen molar-refractivity contribution in [3.05, 3.63) is 12.1 Å². The molecule has 0 aliphatic carbocycles. The Bertz CT molecular complexity index is 400. The Morgan fingerprint density at radius 3 is 2.05 bits per heavy atom. The van der Waals surface area contributed by atoms with E-state index in [1.807, 2.05) is 6.92 Å². The molecule has 120 valence electrons. The molecule has 1 aromatic rings. The number of hydrogen-bond donors (Lipinski definition) is 1. The van der Waals surface area contributed by atoms with E-state index in [0.29, 0.717) is 36.1 Å². The van der Waals surface area contributed by atoms with Crippen molar-refractivity contribution in [2.75, 3.05) is 48.1 Å². The Kier molecular flexibility index (Phi) is 7.71. The number of hydrogen-bond acceptors (Lipinski definition) is 6. The molecule has 0 saturated carbocycles. The smallest absolute Gasteiger partial charge is 0.203 e. The molecular weight excluding hydrogens is 274 g/mol. The van der Waals surface area contributed by atoms with Gasteiger partial charge in [0.05, 0.1) is 27.9 Å². The molecule has 0 aliphatic rings. The fourth-order valence-electron chi connectivity index (χ4n) is 1.94. The van der Waals surface area contributed by atoms with Gasteiger partial charge in [-0.15, -0.1) is 0 Å². The van der Waals surface area contributed by atoms with E-state index in [1.54, 1.807) is 40.6 Å². The Labute approximate surface area is 126 Å². The maximum absolute atomic E-state index is 5.94. The second kappa shape index (κ2) is 9.31. The van der Waals surface area contributed by atoms with Crippen LogP contribution >= 0.6 is 0 Å². The lowest BCUT2D eigenvalue weighted by Crippen LogP contribution is -2.34. The summed E-state index contributed by atoms with van der Waals surface area (Å²) < 4.78 is 27.0. The highest BCUT2D eigenvalue weighted by molar-refractivity contribution is 5.55. The first kappa shape index (κ1) is 17.4. The quantitative estimate of drug-likeness (QED) is 0.710. The van der Waals surface area contributed by atoms with Crippen LogP contribution in [0.4, 0.5) is 0 Å². The van der Waals surface area contributed by atoms with Gasteiger partial charge in [0.1, 0.15) is 11.9 Å². The number of methoxy groups -OCH3 is 4. The maximum atomic E-state index is 5.94. The zero-order valence-electron chi connectivity index (χ0n) is 13.4. The van der Waals surface area contributed by atoms with E-state index < -0.39 is 0 Å². The molecule has 0 amide bonds. The van der Waals surface area contributed by atoms with Crippen LogP contribution in [0.2, 0.25) is 0 Å². The van der Waals surface area contributed by atoms with Crippen LogP contribution in [0.1, 0.15) is 6.92 Å². The Balaban J connectivity index is 2.94. The summed E-state index contributed by atoms with van der Waals surface area (Å²) in [5.41, 5.74) is 0. The second-order valence-electron chi connectivity index (χ2n) is 4.36. The Hall–Kier alpha value is -1.66. The third kappa shape index (κ3) is 4.99. The average Bonchev–Trinajstić information content (AvgIpc) is 2.51. The van der Waals surface area contributed by atoms with Crippen LogP contribution in [-0.4, -0.2) is 54.2 Å². The maximum Gasteiger partial charge on any atom is 0.203 e. The van der Waals surface area contributed by atoms with Crippen LogP contribution in [0.25, 0.3) is 0 Å². The van der Waals surface area contributed by atoms with Gasteiger partial charge in [-0.25, -0.2) is 0 Å². The van der Waals surface area contributed by atoms with Gasteiger partial charge < -0.3 is 29.0 Å². The average molecular weight is 299 g/mol. The summed E-state index contributed by atoms with van der Waals surface area (Å²) in [6.45, 7) is 4.10. The normalized spacial score (nSPS) is 11.9. The van der Waals surface area contributed by atoms with Gasteiger partial charge in [0.15, 0.2) is 11.5 Å². The standard InChI is InChI=1S/C15H25NO5/c1-6-16-9-12(10-17-2)21-11-7-13(18-3)15(20-5)14(8-11)19-4/h7-8,12,16H,6,9-10H2,1-5H3. The van der Waals surface area contributed by atoms with Crippen molar-refractivity contribution in [2.24, 2.45) is 0 Å². The van der Waals surface area contributed by atoms with Crippen molar-refractivity contribution < 1.29 is 23.7 Å². The summed E-state index contributed by atoms with van der Waals surface area (Å²) in [6, 6.07) is 3.55. The van der Waals surface area contributed by atoms with Crippen molar-refractivity contribution in [3.63, 3.8) is 0 Å². The monoisotopic (exact) mass is 299 g/mol. The highest BCUT2D eigenvalue weighted by Crippen LogP contribution is 2.40. The van der Waals surface area contributed by atoms with Crippen LogP contribution in [-0.2, 0) is 4.74 Å². The SMILES string of the molecule is CCNCC(COC)Oc1cc(OC)c(OC)c(OC)c1. The van der Waals surface area contributed by atoms with Crippen molar-refractivity contribution in [2.45, 2.75) is 13.0 Å². The van der Waals surface area contributed by atoms with Crippen molar-refractivity contribution in [1.82, 2.24) is 5.32 Å². The molecule has 1 aromatic carbocycles. The first-order valence-corrected chi connectivity index (χ1v) is 6.86. The van der Waals surface area contributed by atoms with E-state index >= 15 is 0 Å². The summed E-state index contributed by atoms with van der Waals surface area (Å²) in [6.07, 6.45) is -0.0993. The minimum absolute atomic E-state index is 0.0993. The van der Waals surface area contributed by atoms with E-state index in [9.17, 15) is 0 Å². The summed E-state index contributed by atoms with van der Waals surface area (Å²) in [4.78, 5) is 0. The van der Waals surface area contributed by atoms with Gasteiger partial charge >= 0.3 is 0 Å². The van der Waals surface area contributed by atoms with Gasteiger partial charge in [0.25, 0.3) is 0 Å². The molecule has 0 bridgehead atoms. The summed E-state index contributed by atoms with van der Waals surface area (Å²) in [5, 5.41) is 3.24. The molecule has 0 fully saturated rings. The fraction of sp³-hybridized carbons (Fsp3) is 0.600. The molecule has 1 atom stereocenters. The van der Waals surface area contributed by atoms with Gasteiger partial charge in [-0.05, 0) is 6.54 Å². The molecule has 0 aromatic heterocycles. The van der Waals surface area contributed by atoms with Crippen LogP contribution in [0.15, 0.2) is 12.1 Å². The number of likely N-dealkylation sites (N-methyl/N-ethyl adjacent to an activating group) is 1. The lowest BCUT2D eigenvalue weighted by Gasteiger charge is -2.20. The first-order chi connectivity index (χ1) is 10.2. The van der Waals surface area contributed by atoms with E-state index in [2.05, 4.69) is 5.32 Å². The minimum Gasteiger partial charge on any atom is -0.493 e. The molecule has 0 radical (unpaired) electrons. The lowest BCUT2D eigenvalue weighted by molar-refractivity contribution is 0.0805. The molecule has 1 N–H and O–H groups in total. The lowest BCUT2D eigenvalue weighted by atomic mass is 10.2. The number of nitrogens with one attached hydrogen (secondary N) is 1. The third-order valence-corrected chi connectivity index (χ3v) is 2.92. The number of ether oxygens (including phenoxy) is 5. The van der Waals surface area contributed by atoms with E-state index in [4.69, 9.17) is 23.7 Å². The van der Waals surface area contributed by atoms with E-state index in [1.165, 1.54) is 0 Å². The molecule has 0 saturated heterocycles.